The zero-order chi connectivity index (χ0) is 11.5. The largest absolute Gasteiger partial charge is 0.384 e. The lowest BCUT2D eigenvalue weighted by atomic mass is 9.99. The summed E-state index contributed by atoms with van der Waals surface area (Å²) in [6.45, 7) is 7.61. The summed E-state index contributed by atoms with van der Waals surface area (Å²) in [6, 6.07) is 3.95. The lowest BCUT2D eigenvalue weighted by Crippen LogP contribution is -2.39. The van der Waals surface area contributed by atoms with Gasteiger partial charge in [-0.1, -0.05) is 6.92 Å². The van der Waals surface area contributed by atoms with Crippen molar-refractivity contribution in [3.05, 3.63) is 23.9 Å². The Bertz CT molecular complexity index is 320. The van der Waals surface area contributed by atoms with Gasteiger partial charge in [0.15, 0.2) is 0 Å². The third-order valence-electron chi connectivity index (χ3n) is 3.16. The van der Waals surface area contributed by atoms with Gasteiger partial charge < -0.3 is 5.73 Å². The number of nitrogen functional groups attached to an aromatic ring is 1. The van der Waals surface area contributed by atoms with E-state index in [4.69, 9.17) is 5.73 Å². The predicted molar refractivity (Wildman–Crippen MR) is 64.5 cm³/mol. The van der Waals surface area contributed by atoms with Gasteiger partial charge in [0.05, 0.1) is 0 Å². The first-order chi connectivity index (χ1) is 6.95. The topological polar surface area (TPSA) is 42.2 Å². The molecule has 1 aromatic rings. The smallest absolute Gasteiger partial charge is 0.123 e. The van der Waals surface area contributed by atoms with Crippen molar-refractivity contribution in [3.63, 3.8) is 0 Å². The number of pyridine rings is 1. The molecule has 0 amide bonds. The van der Waals surface area contributed by atoms with Crippen molar-refractivity contribution in [2.75, 3.05) is 12.8 Å². The van der Waals surface area contributed by atoms with Crippen molar-refractivity contribution < 1.29 is 0 Å². The number of hydrogen-bond donors (Lipinski definition) is 1. The molecule has 0 aliphatic carbocycles. The van der Waals surface area contributed by atoms with Crippen LogP contribution in [-0.2, 0) is 6.54 Å². The molecule has 0 unspecified atom stereocenters. The number of nitrogens with two attached hydrogens (primary N) is 1. The van der Waals surface area contributed by atoms with Crippen molar-refractivity contribution in [2.45, 2.75) is 39.3 Å². The van der Waals surface area contributed by atoms with Crippen molar-refractivity contribution in [1.82, 2.24) is 9.88 Å². The molecule has 1 heterocycles. The summed E-state index contributed by atoms with van der Waals surface area (Å²) in [5, 5.41) is 0. The van der Waals surface area contributed by atoms with Crippen molar-refractivity contribution >= 4 is 5.82 Å². The molecule has 0 saturated heterocycles. The first-order valence-electron chi connectivity index (χ1n) is 5.37. The van der Waals surface area contributed by atoms with Gasteiger partial charge in [0, 0.05) is 18.3 Å². The molecule has 15 heavy (non-hydrogen) atoms. The van der Waals surface area contributed by atoms with Crippen LogP contribution in [-0.4, -0.2) is 22.5 Å². The van der Waals surface area contributed by atoms with Gasteiger partial charge in [0.1, 0.15) is 5.82 Å². The van der Waals surface area contributed by atoms with E-state index < -0.39 is 0 Å². The van der Waals surface area contributed by atoms with E-state index in [1.807, 2.05) is 12.1 Å². The molecule has 0 fully saturated rings. The Hall–Kier alpha value is -1.09. The van der Waals surface area contributed by atoms with Crippen LogP contribution in [0.2, 0.25) is 0 Å². The number of nitrogens with zero attached hydrogens (tertiary/aromatic N) is 2. The minimum Gasteiger partial charge on any atom is -0.384 e. The van der Waals surface area contributed by atoms with Crippen molar-refractivity contribution in [2.24, 2.45) is 0 Å². The molecule has 0 saturated carbocycles. The highest BCUT2D eigenvalue weighted by molar-refractivity contribution is 5.31. The second-order valence-corrected chi connectivity index (χ2v) is 4.61. The van der Waals surface area contributed by atoms with Gasteiger partial charge >= 0.3 is 0 Å². The Morgan fingerprint density at radius 2 is 2.13 bits per heavy atom. The van der Waals surface area contributed by atoms with Gasteiger partial charge in [-0.05, 0) is 45.0 Å². The predicted octanol–water partition coefficient (Wildman–Crippen LogP) is 2.28. The first-order valence-corrected chi connectivity index (χ1v) is 5.37. The Kier molecular flexibility index (Phi) is 3.69. The Morgan fingerprint density at radius 1 is 1.47 bits per heavy atom. The highest BCUT2D eigenvalue weighted by Gasteiger charge is 2.20. The molecule has 0 spiro atoms. The average molecular weight is 207 g/mol. The lowest BCUT2D eigenvalue weighted by molar-refractivity contribution is 0.143. The molecule has 0 aliphatic rings. The summed E-state index contributed by atoms with van der Waals surface area (Å²) in [6.07, 6.45) is 2.89. The van der Waals surface area contributed by atoms with Gasteiger partial charge in [-0.15, -0.1) is 0 Å². The van der Waals surface area contributed by atoms with E-state index in [0.717, 1.165) is 13.0 Å². The quantitative estimate of drug-likeness (QED) is 0.823. The minimum atomic E-state index is 0.220. The second-order valence-electron chi connectivity index (χ2n) is 4.61. The normalized spacial score (nSPS) is 12.1. The van der Waals surface area contributed by atoms with Crippen LogP contribution in [0.4, 0.5) is 5.82 Å². The summed E-state index contributed by atoms with van der Waals surface area (Å²) >= 11 is 0. The highest BCUT2D eigenvalue weighted by atomic mass is 15.2. The zero-order valence-electron chi connectivity index (χ0n) is 10.1. The van der Waals surface area contributed by atoms with Crippen LogP contribution < -0.4 is 5.73 Å². The summed E-state index contributed by atoms with van der Waals surface area (Å²) in [5.74, 6) is 0.593. The maximum absolute atomic E-state index is 5.65. The molecule has 0 atom stereocenters. The lowest BCUT2D eigenvalue weighted by Gasteiger charge is -2.34. The molecule has 1 aromatic heterocycles. The fourth-order valence-corrected chi connectivity index (χ4v) is 1.35. The maximum Gasteiger partial charge on any atom is 0.123 e. The SMILES string of the molecule is CCC(C)(C)N(C)Cc1ccnc(N)c1. The summed E-state index contributed by atoms with van der Waals surface area (Å²) < 4.78 is 0. The highest BCUT2D eigenvalue weighted by Crippen LogP contribution is 2.19. The van der Waals surface area contributed by atoms with Crippen LogP contribution in [0.25, 0.3) is 0 Å². The van der Waals surface area contributed by atoms with Crippen LogP contribution in [0, 0.1) is 0 Å². The van der Waals surface area contributed by atoms with Crippen LogP contribution in [0.5, 0.6) is 0 Å². The zero-order valence-corrected chi connectivity index (χ0v) is 10.1. The summed E-state index contributed by atoms with van der Waals surface area (Å²) in [7, 11) is 2.14. The summed E-state index contributed by atoms with van der Waals surface area (Å²) in [5.41, 5.74) is 7.08. The van der Waals surface area contributed by atoms with E-state index in [1.165, 1.54) is 5.56 Å². The third-order valence-corrected chi connectivity index (χ3v) is 3.16. The molecule has 2 N–H and O–H groups in total. The average Bonchev–Trinajstić information content (AvgIpc) is 2.17. The van der Waals surface area contributed by atoms with Gasteiger partial charge in [0.25, 0.3) is 0 Å². The Morgan fingerprint density at radius 3 is 2.67 bits per heavy atom. The van der Waals surface area contributed by atoms with Crippen molar-refractivity contribution in [3.8, 4) is 0 Å². The van der Waals surface area contributed by atoms with E-state index in [1.54, 1.807) is 6.20 Å². The second kappa shape index (κ2) is 4.62. The summed E-state index contributed by atoms with van der Waals surface area (Å²) in [4.78, 5) is 6.32. The molecule has 3 heteroatoms. The van der Waals surface area contributed by atoms with Crippen LogP contribution >= 0.6 is 0 Å². The molecule has 1 rings (SSSR count). The molecule has 0 aromatic carbocycles. The van der Waals surface area contributed by atoms with Gasteiger partial charge in [-0.25, -0.2) is 4.98 Å². The number of hydrogen-bond acceptors (Lipinski definition) is 3. The van der Waals surface area contributed by atoms with Gasteiger partial charge in [-0.3, -0.25) is 4.90 Å². The van der Waals surface area contributed by atoms with E-state index in [2.05, 4.69) is 37.7 Å². The van der Waals surface area contributed by atoms with Gasteiger partial charge in [0.2, 0.25) is 0 Å². The third kappa shape index (κ3) is 3.20. The molecule has 84 valence electrons. The monoisotopic (exact) mass is 207 g/mol. The molecule has 0 radical (unpaired) electrons. The molecule has 0 aliphatic heterocycles. The molecule has 3 nitrogen and oxygen atoms in total. The minimum absolute atomic E-state index is 0.220. The van der Waals surface area contributed by atoms with Crippen LogP contribution in [0.15, 0.2) is 18.3 Å². The standard InChI is InChI=1S/C12H21N3/c1-5-12(2,3)15(4)9-10-6-7-14-11(13)8-10/h6-8H,5,9H2,1-4H3,(H2,13,14). The van der Waals surface area contributed by atoms with E-state index >= 15 is 0 Å². The number of aromatic nitrogens is 1. The van der Waals surface area contributed by atoms with Gasteiger partial charge in [-0.2, -0.15) is 0 Å². The maximum atomic E-state index is 5.65. The number of anilines is 1. The van der Waals surface area contributed by atoms with E-state index in [9.17, 15) is 0 Å². The van der Waals surface area contributed by atoms with Crippen LogP contribution in [0.3, 0.4) is 0 Å². The molecular formula is C12H21N3. The fourth-order valence-electron chi connectivity index (χ4n) is 1.35. The fraction of sp³-hybridized carbons (Fsp3) is 0.583. The van der Waals surface area contributed by atoms with Crippen LogP contribution in [0.1, 0.15) is 32.8 Å². The first kappa shape index (κ1) is 12.0. The van der Waals surface area contributed by atoms with E-state index in [-0.39, 0.29) is 5.54 Å². The Labute approximate surface area is 92.3 Å². The number of rotatable bonds is 4. The molecular weight excluding hydrogens is 186 g/mol. The van der Waals surface area contributed by atoms with Crippen molar-refractivity contribution in [1.29, 1.82) is 0 Å². The Balaban J connectivity index is 2.70. The molecule has 0 bridgehead atoms. The van der Waals surface area contributed by atoms with E-state index in [0.29, 0.717) is 5.82 Å².